The second kappa shape index (κ2) is 9.89. The van der Waals surface area contributed by atoms with Crippen molar-refractivity contribution < 1.29 is 32.6 Å². The number of nitrogens with zero attached hydrogens (tertiary/aromatic N) is 3. The Morgan fingerprint density at radius 1 is 1.14 bits per heavy atom. The topological polar surface area (TPSA) is 77.4 Å². The maximum absolute atomic E-state index is 13.7. The van der Waals surface area contributed by atoms with Crippen LogP contribution in [0.15, 0.2) is 41.6 Å². The van der Waals surface area contributed by atoms with Crippen molar-refractivity contribution in [3.63, 3.8) is 0 Å². The van der Waals surface area contributed by atoms with Crippen molar-refractivity contribution in [1.82, 2.24) is 9.80 Å². The van der Waals surface area contributed by atoms with Gasteiger partial charge in [0.05, 0.1) is 18.9 Å². The number of likely N-dealkylation sites (tertiary alicyclic amines) is 2. The highest BCUT2D eigenvalue weighted by molar-refractivity contribution is 5.85. The van der Waals surface area contributed by atoms with Gasteiger partial charge in [0.2, 0.25) is 0 Å². The van der Waals surface area contributed by atoms with Gasteiger partial charge in [-0.2, -0.15) is 0 Å². The number of halogens is 3. The molecule has 3 aliphatic heterocycles. The van der Waals surface area contributed by atoms with Crippen molar-refractivity contribution in [1.29, 1.82) is 0 Å². The number of carboxylic acids is 1. The fourth-order valence-electron chi connectivity index (χ4n) is 6.63. The van der Waals surface area contributed by atoms with Crippen LogP contribution in [0.25, 0.3) is 11.1 Å². The quantitative estimate of drug-likeness (QED) is 0.455. The number of carboxylic acid groups (broad SMARTS) is 1. The molecule has 2 saturated carbocycles. The monoisotopic (exact) mass is 582 g/mol. The minimum atomic E-state index is -2.66. The van der Waals surface area contributed by atoms with Gasteiger partial charge in [0, 0.05) is 56.1 Å². The van der Waals surface area contributed by atoms with Gasteiger partial charge >= 0.3 is 0 Å². The van der Waals surface area contributed by atoms with Gasteiger partial charge in [-0.05, 0) is 66.5 Å². The average molecular weight is 583 g/mol. The molecule has 0 N–H and O–H groups in total. The molecular formula is C32H35F3N3O4-. The first-order valence-corrected chi connectivity index (χ1v) is 14.9. The highest BCUT2D eigenvalue weighted by Gasteiger charge is 2.57. The largest absolute Gasteiger partial charge is 0.550 e. The van der Waals surface area contributed by atoms with E-state index in [1.54, 1.807) is 19.1 Å². The SMILES string of the molecule is CC1(C(=O)[O-])CCN(C2=NOC3(C2)CN(Cc2cc(OCC4CC4(F)F)c(-c4ccc(F)cc4)c(C4CC4)c2)C3)CC1. The molecule has 224 valence electrons. The second-order valence-electron chi connectivity index (χ2n) is 13.3. The van der Waals surface area contributed by atoms with E-state index in [4.69, 9.17) is 9.57 Å². The van der Waals surface area contributed by atoms with Gasteiger partial charge in [-0.3, -0.25) is 4.90 Å². The molecule has 5 aliphatic rings. The van der Waals surface area contributed by atoms with Crippen molar-refractivity contribution in [3.8, 4) is 16.9 Å². The molecule has 10 heteroatoms. The van der Waals surface area contributed by atoms with Crippen LogP contribution in [0.3, 0.4) is 0 Å². The van der Waals surface area contributed by atoms with E-state index in [2.05, 4.69) is 21.0 Å². The summed E-state index contributed by atoms with van der Waals surface area (Å²) in [5.41, 5.74) is 2.70. The lowest BCUT2D eigenvalue weighted by Gasteiger charge is -2.46. The Labute approximate surface area is 243 Å². The van der Waals surface area contributed by atoms with Crippen LogP contribution in [-0.2, 0) is 16.2 Å². The van der Waals surface area contributed by atoms with Gasteiger partial charge in [0.25, 0.3) is 5.92 Å². The Hall–Kier alpha value is -3.27. The van der Waals surface area contributed by atoms with Gasteiger partial charge in [-0.25, -0.2) is 13.2 Å². The molecule has 2 aromatic carbocycles. The first-order valence-electron chi connectivity index (χ1n) is 14.9. The molecule has 7 nitrogen and oxygen atoms in total. The maximum atomic E-state index is 13.7. The van der Waals surface area contributed by atoms with Crippen molar-refractivity contribution in [2.75, 3.05) is 32.8 Å². The summed E-state index contributed by atoms with van der Waals surface area (Å²) in [6.07, 6.45) is 3.68. The van der Waals surface area contributed by atoms with Gasteiger partial charge < -0.3 is 24.4 Å². The summed E-state index contributed by atoms with van der Waals surface area (Å²) >= 11 is 0. The first kappa shape index (κ1) is 27.6. The highest BCUT2D eigenvalue weighted by atomic mass is 19.3. The molecule has 0 radical (unpaired) electrons. The molecule has 3 heterocycles. The Bertz CT molecular complexity index is 1410. The summed E-state index contributed by atoms with van der Waals surface area (Å²) in [6, 6.07) is 10.4. The van der Waals surface area contributed by atoms with Crippen LogP contribution >= 0.6 is 0 Å². The van der Waals surface area contributed by atoms with E-state index in [0.29, 0.717) is 63.7 Å². The first-order chi connectivity index (χ1) is 20.0. The van der Waals surface area contributed by atoms with Crippen LogP contribution in [0.4, 0.5) is 13.2 Å². The van der Waals surface area contributed by atoms with E-state index in [-0.39, 0.29) is 24.4 Å². The number of benzene rings is 2. The summed E-state index contributed by atoms with van der Waals surface area (Å²) < 4.78 is 47.2. The molecule has 0 amide bonds. The number of carbonyl (C=O) groups is 1. The van der Waals surface area contributed by atoms with Crippen molar-refractivity contribution in [3.05, 3.63) is 53.3 Å². The third-order valence-corrected chi connectivity index (χ3v) is 9.72. The van der Waals surface area contributed by atoms with Crippen molar-refractivity contribution >= 4 is 11.8 Å². The van der Waals surface area contributed by atoms with E-state index in [0.717, 1.165) is 40.9 Å². The standard InChI is InChI=1S/C32H36F3N3O4/c1-30(29(39)40)8-10-38(11-9-30)27-15-31(42-36-27)18-37(19-31)16-20-12-25(21-2-3-21)28(22-4-6-24(33)7-5-22)26(13-20)41-17-23-14-32(23,34)35/h4-7,12-13,21,23H,2-3,8-11,14-19H2,1H3,(H,39,40)/p-1. The predicted octanol–water partition coefficient (Wildman–Crippen LogP) is 4.54. The molecule has 1 unspecified atom stereocenters. The minimum absolute atomic E-state index is 0.0475. The average Bonchev–Trinajstić information content (AvgIpc) is 3.84. The van der Waals surface area contributed by atoms with Crippen LogP contribution < -0.4 is 9.84 Å². The Kier molecular flexibility index (Phi) is 6.49. The fourth-order valence-corrected chi connectivity index (χ4v) is 6.63. The number of oxime groups is 1. The molecule has 1 spiro atoms. The number of amidine groups is 1. The van der Waals surface area contributed by atoms with Gasteiger partial charge in [-0.15, -0.1) is 0 Å². The molecule has 0 aromatic heterocycles. The summed E-state index contributed by atoms with van der Waals surface area (Å²) in [7, 11) is 0. The normalized spacial score (nSPS) is 25.5. The zero-order valence-corrected chi connectivity index (χ0v) is 23.7. The van der Waals surface area contributed by atoms with Gasteiger partial charge in [0.15, 0.2) is 5.60 Å². The van der Waals surface area contributed by atoms with Crippen LogP contribution in [0.1, 0.15) is 62.5 Å². The number of rotatable bonds is 8. The minimum Gasteiger partial charge on any atom is -0.550 e. The number of aliphatic carboxylic acids is 1. The van der Waals surface area contributed by atoms with Crippen molar-refractivity contribution in [2.24, 2.45) is 16.5 Å². The molecular weight excluding hydrogens is 547 g/mol. The molecule has 4 fully saturated rings. The van der Waals surface area contributed by atoms with Crippen molar-refractivity contribution in [2.45, 2.75) is 69.4 Å². The summed E-state index contributed by atoms with van der Waals surface area (Å²) in [5, 5.41) is 15.9. The number of ether oxygens (including phenoxy) is 1. The summed E-state index contributed by atoms with van der Waals surface area (Å²) in [5.74, 6) is -2.93. The second-order valence-corrected chi connectivity index (χ2v) is 13.3. The molecule has 7 rings (SSSR count). The number of carbonyl (C=O) groups excluding carboxylic acids is 1. The van der Waals surface area contributed by atoms with E-state index in [1.807, 2.05) is 6.07 Å². The van der Waals surface area contributed by atoms with Gasteiger partial charge in [-0.1, -0.05) is 30.3 Å². The smallest absolute Gasteiger partial charge is 0.255 e. The fraction of sp³-hybridized carbons (Fsp3) is 0.562. The lowest BCUT2D eigenvalue weighted by atomic mass is 9.80. The van der Waals surface area contributed by atoms with Crippen LogP contribution in [0.5, 0.6) is 5.75 Å². The maximum Gasteiger partial charge on any atom is 0.255 e. The van der Waals surface area contributed by atoms with E-state index >= 15 is 0 Å². The lowest BCUT2D eigenvalue weighted by molar-refractivity contribution is -0.320. The number of piperidine rings is 1. The zero-order chi connectivity index (χ0) is 29.3. The molecule has 1 atom stereocenters. The molecule has 2 aliphatic carbocycles. The van der Waals surface area contributed by atoms with E-state index in [9.17, 15) is 23.1 Å². The summed E-state index contributed by atoms with van der Waals surface area (Å²) in [6.45, 7) is 5.00. The Balaban J connectivity index is 1.04. The molecule has 2 aromatic rings. The Morgan fingerprint density at radius 3 is 2.45 bits per heavy atom. The summed E-state index contributed by atoms with van der Waals surface area (Å²) in [4.78, 5) is 21.8. The molecule has 2 saturated heterocycles. The zero-order valence-electron chi connectivity index (χ0n) is 23.7. The van der Waals surface area contributed by atoms with E-state index in [1.165, 1.54) is 12.1 Å². The molecule has 0 bridgehead atoms. The third-order valence-electron chi connectivity index (χ3n) is 9.72. The third kappa shape index (κ3) is 5.23. The van der Waals surface area contributed by atoms with Gasteiger partial charge in [0.1, 0.15) is 17.4 Å². The van der Waals surface area contributed by atoms with Crippen LogP contribution in [0.2, 0.25) is 0 Å². The molecule has 42 heavy (non-hydrogen) atoms. The number of alkyl halides is 2. The number of hydrogen-bond acceptors (Lipinski definition) is 7. The van der Waals surface area contributed by atoms with Crippen LogP contribution in [0, 0.1) is 17.2 Å². The lowest BCUT2D eigenvalue weighted by Crippen LogP contribution is -2.61. The number of hydrogen-bond donors (Lipinski definition) is 0. The highest BCUT2D eigenvalue weighted by Crippen LogP contribution is 2.51. The predicted molar refractivity (Wildman–Crippen MR) is 147 cm³/mol. The van der Waals surface area contributed by atoms with E-state index < -0.39 is 23.2 Å². The Morgan fingerprint density at radius 2 is 1.83 bits per heavy atom. The van der Waals surface area contributed by atoms with Crippen LogP contribution in [-0.4, -0.2) is 65.9 Å².